The second kappa shape index (κ2) is 12.2. The molecule has 0 unspecified atom stereocenters. The van der Waals surface area contributed by atoms with Gasteiger partial charge in [-0.1, -0.05) is 34.1 Å². The lowest BCUT2D eigenvalue weighted by Gasteiger charge is -2.23. The van der Waals surface area contributed by atoms with Gasteiger partial charge in [0.1, 0.15) is 12.1 Å². The molecular formula is C17H32N4O6. The molecule has 10 nitrogen and oxygen atoms in total. The topological polar surface area (TPSA) is 171 Å². The normalized spacial score (nSPS) is 15.4. The van der Waals surface area contributed by atoms with Gasteiger partial charge >= 0.3 is 5.97 Å². The number of aliphatic hydroxyl groups excluding tert-OH is 1. The van der Waals surface area contributed by atoms with Crippen molar-refractivity contribution in [3.63, 3.8) is 0 Å². The minimum absolute atomic E-state index is 0.217. The van der Waals surface area contributed by atoms with Gasteiger partial charge in [-0.25, -0.2) is 4.79 Å². The Morgan fingerprint density at radius 1 is 1.04 bits per heavy atom. The van der Waals surface area contributed by atoms with Crippen LogP contribution in [0.5, 0.6) is 0 Å². The van der Waals surface area contributed by atoms with Crippen molar-refractivity contribution in [2.45, 2.75) is 58.7 Å². The lowest BCUT2D eigenvalue weighted by atomic mass is 9.99. The number of carboxylic acids is 1. The Morgan fingerprint density at radius 3 is 2.07 bits per heavy atom. The molecule has 0 aliphatic rings. The third-order valence-corrected chi connectivity index (χ3v) is 4.10. The van der Waals surface area contributed by atoms with Crippen LogP contribution in [0.4, 0.5) is 0 Å². The zero-order valence-electron chi connectivity index (χ0n) is 16.3. The van der Waals surface area contributed by atoms with Crippen molar-refractivity contribution >= 4 is 23.7 Å². The molecule has 0 aliphatic carbocycles. The zero-order chi connectivity index (χ0) is 21.1. The van der Waals surface area contributed by atoms with E-state index in [1.165, 1.54) is 0 Å². The first-order valence-electron chi connectivity index (χ1n) is 9.00. The van der Waals surface area contributed by atoms with Gasteiger partial charge in [-0.05, 0) is 18.3 Å². The van der Waals surface area contributed by atoms with Crippen LogP contribution >= 0.6 is 0 Å². The molecule has 0 fully saturated rings. The van der Waals surface area contributed by atoms with Crippen molar-refractivity contribution in [1.82, 2.24) is 16.0 Å². The summed E-state index contributed by atoms with van der Waals surface area (Å²) >= 11 is 0. The summed E-state index contributed by atoms with van der Waals surface area (Å²) in [6, 6.07) is -3.21. The summed E-state index contributed by atoms with van der Waals surface area (Å²) in [5.74, 6) is -3.33. The van der Waals surface area contributed by atoms with Crippen LogP contribution in [0.2, 0.25) is 0 Å². The van der Waals surface area contributed by atoms with Gasteiger partial charge in [-0.15, -0.1) is 0 Å². The predicted octanol–water partition coefficient (Wildman–Crippen LogP) is -1.43. The highest BCUT2D eigenvalue weighted by atomic mass is 16.4. The predicted molar refractivity (Wildman–Crippen MR) is 98.5 cm³/mol. The second-order valence-corrected chi connectivity index (χ2v) is 6.97. The van der Waals surface area contributed by atoms with E-state index in [0.29, 0.717) is 12.8 Å². The highest BCUT2D eigenvalue weighted by Crippen LogP contribution is 2.08. The van der Waals surface area contributed by atoms with E-state index in [4.69, 9.17) is 5.73 Å². The highest BCUT2D eigenvalue weighted by molar-refractivity contribution is 5.92. The standard InChI is InChI=1S/C17H32N4O6/c1-5-10(4)14(17(26)27)21-16(25)12(8-22)20-13(23)7-19-15(24)11(18)6-9(2)3/h9-12,14,22H,5-8,18H2,1-4H3,(H,19,24)(H,20,23)(H,21,25)(H,26,27)/t10-,11-,12-,14-/m0/s1. The smallest absolute Gasteiger partial charge is 0.326 e. The van der Waals surface area contributed by atoms with E-state index in [1.54, 1.807) is 13.8 Å². The van der Waals surface area contributed by atoms with Gasteiger partial charge in [0.2, 0.25) is 17.7 Å². The number of nitrogens with one attached hydrogen (secondary N) is 3. The SMILES string of the molecule is CC[C@H](C)[C@H](NC(=O)[C@H](CO)NC(=O)CNC(=O)[C@@H](N)CC(C)C)C(=O)O. The fourth-order valence-corrected chi connectivity index (χ4v) is 2.29. The van der Waals surface area contributed by atoms with Crippen LogP contribution in [-0.4, -0.2) is 65.2 Å². The van der Waals surface area contributed by atoms with E-state index in [1.807, 2.05) is 13.8 Å². The third kappa shape index (κ3) is 9.34. The Bertz CT molecular complexity index is 526. The van der Waals surface area contributed by atoms with Crippen LogP contribution in [0, 0.1) is 11.8 Å². The summed E-state index contributed by atoms with van der Waals surface area (Å²) in [6.07, 6.45) is 0.984. The van der Waals surface area contributed by atoms with Crippen molar-refractivity contribution in [1.29, 1.82) is 0 Å². The van der Waals surface area contributed by atoms with Gasteiger partial charge in [0.25, 0.3) is 0 Å². The first-order chi connectivity index (χ1) is 12.5. The maximum absolute atomic E-state index is 12.2. The molecule has 3 amide bonds. The summed E-state index contributed by atoms with van der Waals surface area (Å²) in [6.45, 7) is 6.14. The molecule has 0 aromatic rings. The average molecular weight is 388 g/mol. The maximum Gasteiger partial charge on any atom is 0.326 e. The number of aliphatic hydroxyl groups is 1. The molecule has 0 saturated heterocycles. The van der Waals surface area contributed by atoms with Crippen molar-refractivity contribution in [2.75, 3.05) is 13.2 Å². The Morgan fingerprint density at radius 2 is 1.63 bits per heavy atom. The lowest BCUT2D eigenvalue weighted by molar-refractivity contribution is -0.144. The number of carbonyl (C=O) groups is 4. The number of hydrogen-bond acceptors (Lipinski definition) is 6. The van der Waals surface area contributed by atoms with E-state index in [2.05, 4.69) is 16.0 Å². The number of carbonyl (C=O) groups excluding carboxylic acids is 3. The molecule has 0 spiro atoms. The van der Waals surface area contributed by atoms with Crippen molar-refractivity contribution < 1.29 is 29.4 Å². The van der Waals surface area contributed by atoms with Gasteiger partial charge < -0.3 is 31.9 Å². The Kier molecular flexibility index (Phi) is 11.2. The molecule has 0 radical (unpaired) electrons. The van der Waals surface area contributed by atoms with Gasteiger partial charge in [0, 0.05) is 0 Å². The number of carboxylic acid groups (broad SMARTS) is 1. The first-order valence-corrected chi connectivity index (χ1v) is 9.00. The average Bonchev–Trinajstić information content (AvgIpc) is 2.60. The summed E-state index contributed by atoms with van der Waals surface area (Å²) in [4.78, 5) is 47.1. The van der Waals surface area contributed by atoms with E-state index in [0.717, 1.165) is 0 Å². The minimum Gasteiger partial charge on any atom is -0.480 e. The fourth-order valence-electron chi connectivity index (χ4n) is 2.29. The van der Waals surface area contributed by atoms with Crippen molar-refractivity contribution in [3.05, 3.63) is 0 Å². The third-order valence-electron chi connectivity index (χ3n) is 4.10. The summed E-state index contributed by atoms with van der Waals surface area (Å²) < 4.78 is 0. The molecule has 0 aliphatic heterocycles. The molecule has 7 N–H and O–H groups in total. The van der Waals surface area contributed by atoms with Crippen molar-refractivity contribution in [3.8, 4) is 0 Å². The lowest BCUT2D eigenvalue weighted by Crippen LogP contribution is -2.56. The number of hydrogen-bond donors (Lipinski definition) is 6. The van der Waals surface area contributed by atoms with E-state index in [9.17, 15) is 29.4 Å². The monoisotopic (exact) mass is 388 g/mol. The number of rotatable bonds is 12. The van der Waals surface area contributed by atoms with E-state index >= 15 is 0 Å². The molecule has 0 bridgehead atoms. The maximum atomic E-state index is 12.2. The minimum atomic E-state index is -1.33. The zero-order valence-corrected chi connectivity index (χ0v) is 16.3. The van der Waals surface area contributed by atoms with E-state index in [-0.39, 0.29) is 11.8 Å². The molecule has 10 heteroatoms. The largest absolute Gasteiger partial charge is 0.480 e. The van der Waals surface area contributed by atoms with Crippen LogP contribution in [0.25, 0.3) is 0 Å². The summed E-state index contributed by atoms with van der Waals surface area (Å²) in [5, 5.41) is 25.4. The van der Waals surface area contributed by atoms with Crippen LogP contribution in [0.15, 0.2) is 0 Å². The molecule has 0 rings (SSSR count). The molecule has 156 valence electrons. The van der Waals surface area contributed by atoms with Crippen molar-refractivity contribution in [2.24, 2.45) is 17.6 Å². The van der Waals surface area contributed by atoms with Gasteiger partial charge in [-0.2, -0.15) is 0 Å². The number of aliphatic carboxylic acids is 1. The molecule has 0 saturated carbocycles. The van der Waals surface area contributed by atoms with Gasteiger partial charge in [-0.3, -0.25) is 14.4 Å². The Labute approximate surface area is 159 Å². The van der Waals surface area contributed by atoms with Crippen LogP contribution in [0.1, 0.15) is 40.5 Å². The highest BCUT2D eigenvalue weighted by Gasteiger charge is 2.29. The molecule has 0 heterocycles. The summed E-state index contributed by atoms with van der Waals surface area (Å²) in [5.41, 5.74) is 5.70. The van der Waals surface area contributed by atoms with Crippen LogP contribution in [-0.2, 0) is 19.2 Å². The van der Waals surface area contributed by atoms with Crippen LogP contribution < -0.4 is 21.7 Å². The fraction of sp³-hybridized carbons (Fsp3) is 0.765. The molecule has 0 aromatic carbocycles. The van der Waals surface area contributed by atoms with Gasteiger partial charge in [0.05, 0.1) is 19.2 Å². The number of nitrogens with two attached hydrogens (primary N) is 1. The molecule has 4 atom stereocenters. The molecular weight excluding hydrogens is 356 g/mol. The first kappa shape index (κ1) is 24.8. The molecule has 0 aromatic heterocycles. The number of amides is 3. The molecule has 27 heavy (non-hydrogen) atoms. The van der Waals surface area contributed by atoms with Crippen LogP contribution in [0.3, 0.4) is 0 Å². The van der Waals surface area contributed by atoms with Gasteiger partial charge in [0.15, 0.2) is 0 Å². The second-order valence-electron chi connectivity index (χ2n) is 6.97. The Balaban J connectivity index is 4.64. The summed E-state index contributed by atoms with van der Waals surface area (Å²) in [7, 11) is 0. The quantitative estimate of drug-likeness (QED) is 0.238. The Hall–Kier alpha value is -2.20. The van der Waals surface area contributed by atoms with E-state index < -0.39 is 55.0 Å².